The summed E-state index contributed by atoms with van der Waals surface area (Å²) >= 11 is 0. The van der Waals surface area contributed by atoms with E-state index in [1.807, 2.05) is 24.3 Å². The highest BCUT2D eigenvalue weighted by Crippen LogP contribution is 2.28. The van der Waals surface area contributed by atoms with Crippen molar-refractivity contribution < 1.29 is 17.9 Å². The maximum Gasteiger partial charge on any atom is 0.255 e. The number of hydrogen-bond acceptors (Lipinski definition) is 4. The zero-order chi connectivity index (χ0) is 21.0. The second-order valence-electron chi connectivity index (χ2n) is 7.70. The van der Waals surface area contributed by atoms with Gasteiger partial charge in [0.2, 0.25) is 10.0 Å². The molecule has 1 aliphatic rings. The van der Waals surface area contributed by atoms with Crippen LogP contribution in [0.25, 0.3) is 0 Å². The molecule has 0 aromatic heterocycles. The number of ether oxygens (including phenoxy) is 1. The minimum atomic E-state index is -3.79. The van der Waals surface area contributed by atoms with E-state index in [0.717, 1.165) is 31.2 Å². The molecule has 0 unspecified atom stereocenters. The van der Waals surface area contributed by atoms with E-state index in [1.165, 1.54) is 19.2 Å². The van der Waals surface area contributed by atoms with Crippen LogP contribution in [-0.4, -0.2) is 27.5 Å². The van der Waals surface area contributed by atoms with E-state index in [-0.39, 0.29) is 28.2 Å². The predicted octanol–water partition coefficient (Wildman–Crippen LogP) is 4.29. The van der Waals surface area contributed by atoms with Gasteiger partial charge in [-0.3, -0.25) is 4.79 Å². The smallest absolute Gasteiger partial charge is 0.255 e. The highest BCUT2D eigenvalue weighted by molar-refractivity contribution is 7.89. The number of nitrogens with one attached hydrogen (secondary N) is 2. The summed E-state index contributed by atoms with van der Waals surface area (Å²) in [5.74, 6) is 0.186. The Hall–Kier alpha value is -2.38. The van der Waals surface area contributed by atoms with Gasteiger partial charge in [0.05, 0.1) is 7.11 Å². The summed E-state index contributed by atoms with van der Waals surface area (Å²) in [6, 6.07) is 12.0. The molecule has 0 heterocycles. The predicted molar refractivity (Wildman–Crippen MR) is 114 cm³/mol. The van der Waals surface area contributed by atoms with Crippen LogP contribution in [0.2, 0.25) is 0 Å². The van der Waals surface area contributed by atoms with Crippen LogP contribution in [0.1, 0.15) is 61.4 Å². The molecule has 0 aliphatic heterocycles. The molecule has 2 aromatic rings. The molecule has 6 nitrogen and oxygen atoms in total. The lowest BCUT2D eigenvalue weighted by molar-refractivity contribution is 0.102. The van der Waals surface area contributed by atoms with Crippen LogP contribution in [0.15, 0.2) is 47.4 Å². The van der Waals surface area contributed by atoms with Gasteiger partial charge >= 0.3 is 0 Å². The summed E-state index contributed by atoms with van der Waals surface area (Å²) in [6.07, 6.45) is 3.69. The van der Waals surface area contributed by atoms with Crippen molar-refractivity contribution >= 4 is 21.6 Å². The maximum atomic E-state index is 12.9. The number of carbonyl (C=O) groups excluding carboxylic acids is 1. The van der Waals surface area contributed by atoms with Crippen molar-refractivity contribution in [1.29, 1.82) is 0 Å². The molecule has 1 saturated carbocycles. The Morgan fingerprint density at radius 3 is 2.48 bits per heavy atom. The van der Waals surface area contributed by atoms with Crippen LogP contribution in [0.4, 0.5) is 5.69 Å². The van der Waals surface area contributed by atoms with E-state index in [0.29, 0.717) is 11.6 Å². The van der Waals surface area contributed by atoms with Crippen molar-refractivity contribution in [2.75, 3.05) is 12.4 Å². The standard InChI is InChI=1S/C22H28N2O4S/c1-15(2)16-7-6-10-19(13-16)23-22(25)17-11-12-20(28-3)21(14-17)29(26,27)24-18-8-4-5-9-18/h6-7,10-15,18,24H,4-5,8-9H2,1-3H3,(H,23,25). The van der Waals surface area contributed by atoms with Crippen molar-refractivity contribution in [1.82, 2.24) is 4.72 Å². The van der Waals surface area contributed by atoms with Gasteiger partial charge in [0.1, 0.15) is 10.6 Å². The summed E-state index contributed by atoms with van der Waals surface area (Å²) in [7, 11) is -2.37. The number of anilines is 1. The van der Waals surface area contributed by atoms with E-state index in [9.17, 15) is 13.2 Å². The van der Waals surface area contributed by atoms with Gasteiger partial charge in [-0.2, -0.15) is 0 Å². The molecule has 1 amide bonds. The van der Waals surface area contributed by atoms with Gasteiger partial charge in [0, 0.05) is 17.3 Å². The first-order chi connectivity index (χ1) is 13.8. The van der Waals surface area contributed by atoms with Gasteiger partial charge < -0.3 is 10.1 Å². The number of benzene rings is 2. The number of methoxy groups -OCH3 is 1. The molecule has 156 valence electrons. The summed E-state index contributed by atoms with van der Waals surface area (Å²) in [5, 5.41) is 2.85. The lowest BCUT2D eigenvalue weighted by Crippen LogP contribution is -2.33. The third kappa shape index (κ3) is 5.16. The fraction of sp³-hybridized carbons (Fsp3) is 0.409. The molecule has 0 bridgehead atoms. The molecule has 29 heavy (non-hydrogen) atoms. The average Bonchev–Trinajstić information content (AvgIpc) is 3.20. The Balaban J connectivity index is 1.85. The van der Waals surface area contributed by atoms with Gasteiger partial charge in [-0.15, -0.1) is 0 Å². The second-order valence-corrected chi connectivity index (χ2v) is 9.38. The monoisotopic (exact) mass is 416 g/mol. The van der Waals surface area contributed by atoms with Crippen molar-refractivity contribution in [2.45, 2.75) is 56.4 Å². The first-order valence-corrected chi connectivity index (χ1v) is 11.4. The van der Waals surface area contributed by atoms with Crippen LogP contribution >= 0.6 is 0 Å². The Bertz CT molecular complexity index is 980. The quantitative estimate of drug-likeness (QED) is 0.705. The zero-order valence-corrected chi connectivity index (χ0v) is 17.9. The first-order valence-electron chi connectivity index (χ1n) is 9.92. The van der Waals surface area contributed by atoms with E-state index in [1.54, 1.807) is 6.07 Å². The number of amides is 1. The Morgan fingerprint density at radius 2 is 1.83 bits per heavy atom. The molecule has 2 N–H and O–H groups in total. The van der Waals surface area contributed by atoms with Crippen LogP contribution in [-0.2, 0) is 10.0 Å². The molecule has 1 fully saturated rings. The fourth-order valence-corrected chi connectivity index (χ4v) is 5.03. The van der Waals surface area contributed by atoms with Crippen molar-refractivity contribution in [3.8, 4) is 5.75 Å². The van der Waals surface area contributed by atoms with Crippen molar-refractivity contribution in [2.24, 2.45) is 0 Å². The van der Waals surface area contributed by atoms with E-state index in [2.05, 4.69) is 23.9 Å². The van der Waals surface area contributed by atoms with Gasteiger partial charge in [-0.25, -0.2) is 13.1 Å². The molecule has 3 rings (SSSR count). The molecule has 7 heteroatoms. The lowest BCUT2D eigenvalue weighted by Gasteiger charge is -2.16. The summed E-state index contributed by atoms with van der Waals surface area (Å²) in [6.45, 7) is 4.16. The summed E-state index contributed by atoms with van der Waals surface area (Å²) < 4.78 is 33.8. The van der Waals surface area contributed by atoms with Gasteiger partial charge in [0.25, 0.3) is 5.91 Å². The SMILES string of the molecule is COc1ccc(C(=O)Nc2cccc(C(C)C)c2)cc1S(=O)(=O)NC1CCCC1. The topological polar surface area (TPSA) is 84.5 Å². The third-order valence-electron chi connectivity index (χ3n) is 5.20. The summed E-state index contributed by atoms with van der Waals surface area (Å²) in [5.41, 5.74) is 2.04. The second kappa shape index (κ2) is 8.97. The minimum Gasteiger partial charge on any atom is -0.495 e. The van der Waals surface area contributed by atoms with Crippen molar-refractivity contribution in [3.05, 3.63) is 53.6 Å². The van der Waals surface area contributed by atoms with Gasteiger partial charge in [0.15, 0.2) is 0 Å². The molecule has 0 spiro atoms. The van der Waals surface area contributed by atoms with Gasteiger partial charge in [-0.05, 0) is 54.7 Å². The summed E-state index contributed by atoms with van der Waals surface area (Å²) in [4.78, 5) is 12.7. The average molecular weight is 417 g/mol. The van der Waals surface area contributed by atoms with Crippen molar-refractivity contribution in [3.63, 3.8) is 0 Å². The normalized spacial score (nSPS) is 14.9. The number of carbonyl (C=O) groups is 1. The largest absolute Gasteiger partial charge is 0.495 e. The third-order valence-corrected chi connectivity index (χ3v) is 6.75. The zero-order valence-electron chi connectivity index (χ0n) is 17.1. The molecule has 0 radical (unpaired) electrons. The van der Waals surface area contributed by atoms with Crippen LogP contribution < -0.4 is 14.8 Å². The molecular formula is C22H28N2O4S. The molecular weight excluding hydrogens is 388 g/mol. The van der Waals surface area contributed by atoms with Crippen LogP contribution in [0.5, 0.6) is 5.75 Å². The van der Waals surface area contributed by atoms with E-state index >= 15 is 0 Å². The molecule has 2 aromatic carbocycles. The van der Waals surface area contributed by atoms with Gasteiger partial charge in [-0.1, -0.05) is 38.8 Å². The highest BCUT2D eigenvalue weighted by Gasteiger charge is 2.26. The Kier molecular flexibility index (Phi) is 6.59. The Labute approximate surface area is 172 Å². The van der Waals surface area contributed by atoms with E-state index < -0.39 is 10.0 Å². The Morgan fingerprint density at radius 1 is 1.10 bits per heavy atom. The number of hydrogen-bond donors (Lipinski definition) is 2. The molecule has 0 atom stereocenters. The fourth-order valence-electron chi connectivity index (χ4n) is 3.53. The molecule has 0 saturated heterocycles. The number of sulfonamides is 1. The van der Waals surface area contributed by atoms with Crippen LogP contribution in [0.3, 0.4) is 0 Å². The molecule has 1 aliphatic carbocycles. The maximum absolute atomic E-state index is 12.9. The van der Waals surface area contributed by atoms with Crippen LogP contribution in [0, 0.1) is 0 Å². The first kappa shape index (κ1) is 21.3. The number of rotatable bonds is 7. The minimum absolute atomic E-state index is 0.0181. The lowest BCUT2D eigenvalue weighted by atomic mass is 10.0. The highest BCUT2D eigenvalue weighted by atomic mass is 32.2. The van der Waals surface area contributed by atoms with E-state index in [4.69, 9.17) is 4.74 Å².